The fraction of sp³-hybridized carbons (Fsp3) is 0.727. The number of hydrogen-bond acceptors (Lipinski definition) is 4. The van der Waals surface area contributed by atoms with Crippen molar-refractivity contribution in [3.05, 3.63) is 11.6 Å². The lowest BCUT2D eigenvalue weighted by molar-refractivity contribution is -0.133. The average molecular weight is 229 g/mol. The van der Waals surface area contributed by atoms with Crippen LogP contribution in [0, 0.1) is 0 Å². The van der Waals surface area contributed by atoms with E-state index in [1.54, 1.807) is 13.0 Å². The molecule has 0 radical (unpaired) electrons. The van der Waals surface area contributed by atoms with Crippen LogP contribution in [0.25, 0.3) is 0 Å². The number of rotatable bonds is 4. The third kappa shape index (κ3) is 3.92. The predicted octanol–water partition coefficient (Wildman–Crippen LogP) is 0.193. The van der Waals surface area contributed by atoms with Gasteiger partial charge in [0.1, 0.15) is 6.10 Å². The lowest BCUT2D eigenvalue weighted by atomic mass is 10.2. The Morgan fingerprint density at radius 1 is 1.62 bits per heavy atom. The molecule has 0 unspecified atom stereocenters. The summed E-state index contributed by atoms with van der Waals surface area (Å²) in [7, 11) is 0. The van der Waals surface area contributed by atoms with Crippen LogP contribution in [-0.4, -0.2) is 42.7 Å². The highest BCUT2D eigenvalue weighted by Crippen LogP contribution is 2.23. The van der Waals surface area contributed by atoms with Crippen LogP contribution in [0.3, 0.4) is 0 Å². The number of aliphatic hydroxyl groups is 1. The molecule has 0 bridgehead atoms. The number of carbonyl (C=O) groups is 1. The van der Waals surface area contributed by atoms with Gasteiger partial charge in [-0.1, -0.05) is 0 Å². The number of nitrogens with one attached hydrogen (secondary N) is 1. The molecule has 1 amide bonds. The van der Waals surface area contributed by atoms with Gasteiger partial charge in [-0.05, 0) is 26.8 Å². The summed E-state index contributed by atoms with van der Waals surface area (Å²) in [5, 5.41) is 11.1. The molecule has 5 heteroatoms. The van der Waals surface area contributed by atoms with E-state index in [0.717, 1.165) is 0 Å². The summed E-state index contributed by atoms with van der Waals surface area (Å²) in [4.78, 5) is 11.5. The molecule has 1 atom stereocenters. The Morgan fingerprint density at radius 3 is 2.81 bits per heavy atom. The molecule has 1 heterocycles. The molecule has 92 valence electrons. The van der Waals surface area contributed by atoms with E-state index in [1.165, 1.54) is 0 Å². The molecule has 2 N–H and O–H groups in total. The van der Waals surface area contributed by atoms with E-state index in [9.17, 15) is 4.79 Å². The maximum Gasteiger partial charge on any atom is 0.246 e. The highest BCUT2D eigenvalue weighted by molar-refractivity contribution is 5.92. The van der Waals surface area contributed by atoms with Crippen LogP contribution in [0.2, 0.25) is 0 Å². The zero-order valence-electron chi connectivity index (χ0n) is 9.95. The van der Waals surface area contributed by atoms with Gasteiger partial charge in [-0.2, -0.15) is 0 Å². The second-order valence-corrected chi connectivity index (χ2v) is 4.20. The molecular weight excluding hydrogens is 210 g/mol. The number of amides is 1. The van der Waals surface area contributed by atoms with Gasteiger partial charge < -0.3 is 19.9 Å². The minimum Gasteiger partial charge on any atom is -0.395 e. The normalized spacial score (nSPS) is 24.5. The Hall–Kier alpha value is -0.910. The quantitative estimate of drug-likeness (QED) is 0.675. The topological polar surface area (TPSA) is 67.8 Å². The van der Waals surface area contributed by atoms with Gasteiger partial charge in [-0.3, -0.25) is 4.79 Å². The standard InChI is InChI=1S/C11H19NO4/c1-8(10(14)12-4-5-13)6-9-7-15-11(2,3)16-9/h6,9,13H,4-5,7H2,1-3H3,(H,12,14)/b8-6+/t9-/m0/s1. The van der Waals surface area contributed by atoms with E-state index in [1.807, 2.05) is 13.8 Å². The molecule has 1 aliphatic heterocycles. The third-order valence-corrected chi connectivity index (χ3v) is 2.22. The SMILES string of the molecule is C/C(=C\[C@H]1COC(C)(C)O1)C(=O)NCCO. The van der Waals surface area contributed by atoms with E-state index in [4.69, 9.17) is 14.6 Å². The van der Waals surface area contributed by atoms with Gasteiger partial charge in [0.2, 0.25) is 5.91 Å². The molecule has 1 saturated heterocycles. The Morgan fingerprint density at radius 2 is 2.31 bits per heavy atom. The maximum atomic E-state index is 11.5. The smallest absolute Gasteiger partial charge is 0.246 e. The highest BCUT2D eigenvalue weighted by atomic mass is 16.7. The van der Waals surface area contributed by atoms with E-state index in [-0.39, 0.29) is 25.2 Å². The van der Waals surface area contributed by atoms with Crippen LogP contribution in [0.15, 0.2) is 11.6 Å². The zero-order chi connectivity index (χ0) is 12.2. The van der Waals surface area contributed by atoms with Crippen molar-refractivity contribution in [3.8, 4) is 0 Å². The summed E-state index contributed by atoms with van der Waals surface area (Å²) < 4.78 is 10.9. The molecule has 1 rings (SSSR count). The molecule has 0 aliphatic carbocycles. The van der Waals surface area contributed by atoms with Gasteiger partial charge in [0.15, 0.2) is 5.79 Å². The summed E-state index contributed by atoms with van der Waals surface area (Å²) in [6.45, 7) is 6.04. The van der Waals surface area contributed by atoms with Crippen LogP contribution in [0.5, 0.6) is 0 Å². The average Bonchev–Trinajstić information content (AvgIpc) is 2.54. The van der Waals surface area contributed by atoms with Crippen molar-refractivity contribution >= 4 is 5.91 Å². The third-order valence-electron chi connectivity index (χ3n) is 2.22. The van der Waals surface area contributed by atoms with E-state index in [2.05, 4.69) is 5.32 Å². The number of carbonyl (C=O) groups excluding carboxylic acids is 1. The van der Waals surface area contributed by atoms with Crippen molar-refractivity contribution in [2.75, 3.05) is 19.8 Å². The number of ether oxygens (including phenoxy) is 2. The molecule has 0 aromatic heterocycles. The summed E-state index contributed by atoms with van der Waals surface area (Å²) >= 11 is 0. The lowest BCUT2D eigenvalue weighted by Crippen LogP contribution is -2.28. The van der Waals surface area contributed by atoms with Gasteiger partial charge in [-0.25, -0.2) is 0 Å². The monoisotopic (exact) mass is 229 g/mol. The van der Waals surface area contributed by atoms with Gasteiger partial charge in [0, 0.05) is 12.1 Å². The zero-order valence-corrected chi connectivity index (χ0v) is 9.95. The van der Waals surface area contributed by atoms with E-state index < -0.39 is 5.79 Å². The largest absolute Gasteiger partial charge is 0.395 e. The molecule has 0 saturated carbocycles. The Bertz CT molecular complexity index is 286. The summed E-state index contributed by atoms with van der Waals surface area (Å²) in [5.41, 5.74) is 0.569. The molecular formula is C11H19NO4. The Balaban J connectivity index is 2.47. The van der Waals surface area contributed by atoms with Crippen LogP contribution >= 0.6 is 0 Å². The molecule has 1 aliphatic rings. The van der Waals surface area contributed by atoms with E-state index in [0.29, 0.717) is 12.2 Å². The van der Waals surface area contributed by atoms with Gasteiger partial charge in [-0.15, -0.1) is 0 Å². The summed E-state index contributed by atoms with van der Waals surface area (Å²) in [6.07, 6.45) is 1.55. The fourth-order valence-electron chi connectivity index (χ4n) is 1.46. The van der Waals surface area contributed by atoms with Crippen molar-refractivity contribution in [1.29, 1.82) is 0 Å². The van der Waals surface area contributed by atoms with Gasteiger partial charge >= 0.3 is 0 Å². The minimum atomic E-state index is -0.580. The molecule has 1 fully saturated rings. The first-order valence-electron chi connectivity index (χ1n) is 5.34. The molecule has 0 spiro atoms. The second-order valence-electron chi connectivity index (χ2n) is 4.20. The van der Waals surface area contributed by atoms with Gasteiger partial charge in [0.05, 0.1) is 13.2 Å². The van der Waals surface area contributed by atoms with Crippen molar-refractivity contribution in [3.63, 3.8) is 0 Å². The minimum absolute atomic E-state index is 0.0604. The van der Waals surface area contributed by atoms with E-state index >= 15 is 0 Å². The first kappa shape index (κ1) is 13.2. The Labute approximate surface area is 95.4 Å². The number of aliphatic hydroxyl groups excluding tert-OH is 1. The summed E-state index contributed by atoms with van der Waals surface area (Å²) in [5.74, 6) is -0.773. The molecule has 16 heavy (non-hydrogen) atoms. The van der Waals surface area contributed by atoms with Crippen LogP contribution in [0.4, 0.5) is 0 Å². The highest BCUT2D eigenvalue weighted by Gasteiger charge is 2.31. The second kappa shape index (κ2) is 5.43. The number of hydrogen-bond donors (Lipinski definition) is 2. The molecule has 5 nitrogen and oxygen atoms in total. The summed E-state index contributed by atoms with van der Waals surface area (Å²) in [6, 6.07) is 0. The molecule has 0 aromatic rings. The lowest BCUT2D eigenvalue weighted by Gasteiger charge is -2.16. The predicted molar refractivity (Wildman–Crippen MR) is 58.8 cm³/mol. The van der Waals surface area contributed by atoms with Crippen molar-refractivity contribution in [2.45, 2.75) is 32.7 Å². The Kier molecular flexibility index (Phi) is 4.46. The van der Waals surface area contributed by atoms with Crippen molar-refractivity contribution < 1.29 is 19.4 Å². The van der Waals surface area contributed by atoms with Crippen LogP contribution < -0.4 is 5.32 Å². The van der Waals surface area contributed by atoms with Crippen molar-refractivity contribution in [1.82, 2.24) is 5.32 Å². The van der Waals surface area contributed by atoms with Crippen LogP contribution in [-0.2, 0) is 14.3 Å². The first-order valence-corrected chi connectivity index (χ1v) is 5.34. The molecule has 0 aromatic carbocycles. The maximum absolute atomic E-state index is 11.5. The van der Waals surface area contributed by atoms with Gasteiger partial charge in [0.25, 0.3) is 0 Å². The fourth-order valence-corrected chi connectivity index (χ4v) is 1.46. The van der Waals surface area contributed by atoms with Crippen molar-refractivity contribution in [2.24, 2.45) is 0 Å². The first-order chi connectivity index (χ1) is 7.44. The van der Waals surface area contributed by atoms with Crippen LogP contribution in [0.1, 0.15) is 20.8 Å².